The van der Waals surface area contributed by atoms with Gasteiger partial charge >= 0.3 is 6.18 Å². The minimum Gasteiger partial charge on any atom is -0.385 e. The number of methoxy groups -OCH3 is 1. The van der Waals surface area contributed by atoms with Gasteiger partial charge in [0.1, 0.15) is 6.54 Å². The number of carbonyl (C=O) groups is 1. The molecule has 4 nitrogen and oxygen atoms in total. The zero-order valence-corrected chi connectivity index (χ0v) is 11.1. The fourth-order valence-corrected chi connectivity index (χ4v) is 2.24. The summed E-state index contributed by atoms with van der Waals surface area (Å²) in [5, 5.41) is 3.08. The van der Waals surface area contributed by atoms with Gasteiger partial charge in [-0.15, -0.1) is 0 Å². The molecule has 1 N–H and O–H groups in total. The van der Waals surface area contributed by atoms with Crippen molar-refractivity contribution in [3.63, 3.8) is 0 Å². The molecule has 112 valence electrons. The van der Waals surface area contributed by atoms with Gasteiger partial charge < -0.3 is 15.0 Å². The summed E-state index contributed by atoms with van der Waals surface area (Å²) in [6, 6.07) is -0.307. The number of amides is 1. The molecule has 0 bridgehead atoms. The first-order valence-corrected chi connectivity index (χ1v) is 6.50. The van der Waals surface area contributed by atoms with Gasteiger partial charge in [0.2, 0.25) is 5.91 Å². The van der Waals surface area contributed by atoms with Crippen LogP contribution in [0.5, 0.6) is 0 Å². The molecule has 1 heterocycles. The molecule has 0 spiro atoms. The SMILES string of the molecule is COCCCC(=O)N(CC(F)(F)F)C1CCNCC1. The molecule has 0 aromatic rings. The van der Waals surface area contributed by atoms with E-state index >= 15 is 0 Å². The standard InChI is InChI=1S/C12H21F3N2O2/c1-19-8-2-3-11(18)17(9-12(13,14)15)10-4-6-16-7-5-10/h10,16H,2-9H2,1H3. The number of nitrogens with zero attached hydrogens (tertiary/aromatic N) is 1. The molecule has 1 fully saturated rings. The van der Waals surface area contributed by atoms with Crippen LogP contribution in [0, 0.1) is 0 Å². The van der Waals surface area contributed by atoms with Crippen LogP contribution in [0.3, 0.4) is 0 Å². The van der Waals surface area contributed by atoms with Crippen molar-refractivity contribution < 1.29 is 22.7 Å². The van der Waals surface area contributed by atoms with Crippen molar-refractivity contribution in [3.8, 4) is 0 Å². The molecule has 0 unspecified atom stereocenters. The zero-order valence-electron chi connectivity index (χ0n) is 11.1. The smallest absolute Gasteiger partial charge is 0.385 e. The monoisotopic (exact) mass is 282 g/mol. The molecule has 0 atom stereocenters. The average molecular weight is 282 g/mol. The van der Waals surface area contributed by atoms with Crippen LogP contribution in [-0.2, 0) is 9.53 Å². The highest BCUT2D eigenvalue weighted by Crippen LogP contribution is 2.22. The number of piperidine rings is 1. The number of hydrogen-bond acceptors (Lipinski definition) is 3. The summed E-state index contributed by atoms with van der Waals surface area (Å²) in [4.78, 5) is 12.9. The van der Waals surface area contributed by atoms with Crippen molar-refractivity contribution in [2.24, 2.45) is 0 Å². The number of halogens is 3. The lowest BCUT2D eigenvalue weighted by molar-refractivity contribution is -0.167. The maximum atomic E-state index is 12.6. The number of nitrogens with one attached hydrogen (secondary N) is 1. The third kappa shape index (κ3) is 6.24. The predicted molar refractivity (Wildman–Crippen MR) is 64.8 cm³/mol. The van der Waals surface area contributed by atoms with Crippen molar-refractivity contribution in [2.75, 3.05) is 33.4 Å². The summed E-state index contributed by atoms with van der Waals surface area (Å²) < 4.78 is 42.5. The third-order valence-corrected chi connectivity index (χ3v) is 3.16. The molecule has 0 aliphatic carbocycles. The lowest BCUT2D eigenvalue weighted by Crippen LogP contribution is -2.49. The molecular formula is C12H21F3N2O2. The van der Waals surface area contributed by atoms with Crippen molar-refractivity contribution >= 4 is 5.91 Å². The fourth-order valence-electron chi connectivity index (χ4n) is 2.24. The van der Waals surface area contributed by atoms with Crippen LogP contribution in [0.4, 0.5) is 13.2 Å². The van der Waals surface area contributed by atoms with Gasteiger partial charge in [0.25, 0.3) is 0 Å². The van der Waals surface area contributed by atoms with E-state index in [1.165, 1.54) is 7.11 Å². The molecule has 1 rings (SSSR count). The van der Waals surface area contributed by atoms with Gasteiger partial charge in [-0.3, -0.25) is 4.79 Å². The first-order valence-electron chi connectivity index (χ1n) is 6.50. The van der Waals surface area contributed by atoms with Gasteiger partial charge in [0.05, 0.1) is 0 Å². The van der Waals surface area contributed by atoms with Gasteiger partial charge in [-0.05, 0) is 32.4 Å². The van der Waals surface area contributed by atoms with E-state index in [1.54, 1.807) is 0 Å². The van der Waals surface area contributed by atoms with Crippen molar-refractivity contribution in [3.05, 3.63) is 0 Å². The number of alkyl halides is 3. The zero-order chi connectivity index (χ0) is 14.3. The highest BCUT2D eigenvalue weighted by Gasteiger charge is 2.36. The molecule has 1 saturated heterocycles. The second-order valence-electron chi connectivity index (χ2n) is 4.71. The lowest BCUT2D eigenvalue weighted by atomic mass is 10.0. The van der Waals surface area contributed by atoms with Crippen LogP contribution in [0.25, 0.3) is 0 Å². The maximum Gasteiger partial charge on any atom is 0.406 e. The van der Waals surface area contributed by atoms with E-state index < -0.39 is 18.6 Å². The first-order chi connectivity index (χ1) is 8.94. The molecule has 1 aliphatic rings. The second kappa shape index (κ2) is 7.69. The lowest BCUT2D eigenvalue weighted by Gasteiger charge is -2.35. The van der Waals surface area contributed by atoms with Crippen molar-refractivity contribution in [1.29, 1.82) is 0 Å². The summed E-state index contributed by atoms with van der Waals surface area (Å²) in [5.41, 5.74) is 0. The van der Waals surface area contributed by atoms with Gasteiger partial charge in [-0.2, -0.15) is 13.2 Å². The minimum absolute atomic E-state index is 0.105. The van der Waals surface area contributed by atoms with E-state index in [0.29, 0.717) is 39.0 Å². The van der Waals surface area contributed by atoms with Gasteiger partial charge in [-0.1, -0.05) is 0 Å². The van der Waals surface area contributed by atoms with Gasteiger partial charge in [-0.25, -0.2) is 0 Å². The molecule has 1 aliphatic heterocycles. The third-order valence-electron chi connectivity index (χ3n) is 3.16. The van der Waals surface area contributed by atoms with E-state index in [-0.39, 0.29) is 12.5 Å². The average Bonchev–Trinajstić information content (AvgIpc) is 2.36. The summed E-state index contributed by atoms with van der Waals surface area (Å²) in [5.74, 6) is -0.429. The molecule has 1 amide bonds. The normalized spacial score (nSPS) is 17.5. The van der Waals surface area contributed by atoms with Crippen LogP contribution in [-0.4, -0.2) is 56.4 Å². The Morgan fingerprint density at radius 2 is 2.00 bits per heavy atom. The summed E-state index contributed by atoms with van der Waals surface area (Å²) >= 11 is 0. The molecular weight excluding hydrogens is 261 g/mol. The molecule has 0 aromatic heterocycles. The van der Waals surface area contributed by atoms with E-state index in [9.17, 15) is 18.0 Å². The fraction of sp³-hybridized carbons (Fsp3) is 0.917. The minimum atomic E-state index is -4.35. The Morgan fingerprint density at radius 3 is 2.53 bits per heavy atom. The number of rotatable bonds is 6. The molecule has 0 radical (unpaired) electrons. The Bertz CT molecular complexity index is 279. The van der Waals surface area contributed by atoms with E-state index in [4.69, 9.17) is 4.74 Å². The van der Waals surface area contributed by atoms with Crippen LogP contribution in [0.15, 0.2) is 0 Å². The number of hydrogen-bond donors (Lipinski definition) is 1. The Balaban J connectivity index is 2.59. The van der Waals surface area contributed by atoms with Gasteiger partial charge in [0, 0.05) is 26.2 Å². The Morgan fingerprint density at radius 1 is 1.37 bits per heavy atom. The predicted octanol–water partition coefficient (Wildman–Crippen LogP) is 1.56. The molecule has 0 saturated carbocycles. The van der Waals surface area contributed by atoms with Crippen molar-refractivity contribution in [2.45, 2.75) is 37.9 Å². The Kier molecular flexibility index (Phi) is 6.57. The molecule has 0 aromatic carbocycles. The highest BCUT2D eigenvalue weighted by molar-refractivity contribution is 5.76. The van der Waals surface area contributed by atoms with Crippen LogP contribution in [0.1, 0.15) is 25.7 Å². The van der Waals surface area contributed by atoms with Crippen LogP contribution >= 0.6 is 0 Å². The van der Waals surface area contributed by atoms with Crippen molar-refractivity contribution in [1.82, 2.24) is 10.2 Å². The van der Waals surface area contributed by atoms with Crippen LogP contribution in [0.2, 0.25) is 0 Å². The summed E-state index contributed by atoms with van der Waals surface area (Å²) in [7, 11) is 1.50. The summed E-state index contributed by atoms with van der Waals surface area (Å²) in [6.07, 6.45) is -2.64. The molecule has 19 heavy (non-hydrogen) atoms. The quantitative estimate of drug-likeness (QED) is 0.752. The second-order valence-corrected chi connectivity index (χ2v) is 4.71. The largest absolute Gasteiger partial charge is 0.406 e. The molecule has 7 heteroatoms. The van der Waals surface area contributed by atoms with E-state index in [1.807, 2.05) is 0 Å². The maximum absolute atomic E-state index is 12.6. The number of ether oxygens (including phenoxy) is 1. The Labute approximate surface area is 111 Å². The van der Waals surface area contributed by atoms with Crippen LogP contribution < -0.4 is 5.32 Å². The Hall–Kier alpha value is -0.820. The van der Waals surface area contributed by atoms with E-state index in [2.05, 4.69) is 5.32 Å². The topological polar surface area (TPSA) is 41.6 Å². The first kappa shape index (κ1) is 16.2. The number of carbonyl (C=O) groups excluding carboxylic acids is 1. The highest BCUT2D eigenvalue weighted by atomic mass is 19.4. The van der Waals surface area contributed by atoms with E-state index in [0.717, 1.165) is 4.90 Å². The summed E-state index contributed by atoms with van der Waals surface area (Å²) in [6.45, 7) is 0.552. The van der Waals surface area contributed by atoms with Gasteiger partial charge in [0.15, 0.2) is 0 Å².